The van der Waals surface area contributed by atoms with Crippen LogP contribution < -0.4 is 0 Å². The lowest BCUT2D eigenvalue weighted by Gasteiger charge is -2.20. The van der Waals surface area contributed by atoms with Crippen LogP contribution in [0.2, 0.25) is 0 Å². The maximum atomic E-state index is 12.6. The third-order valence-electron chi connectivity index (χ3n) is 8.46. The van der Waals surface area contributed by atoms with Crippen molar-refractivity contribution in [2.75, 3.05) is 26.4 Å². The van der Waals surface area contributed by atoms with Crippen LogP contribution in [-0.2, 0) is 41.8 Å². The molecule has 16 heteroatoms. The molecular weight excluding hydrogens is 778 g/mol. The van der Waals surface area contributed by atoms with Gasteiger partial charge in [0.15, 0.2) is 6.10 Å². The number of hydrogen-bond acceptors (Lipinski definition) is 11. The number of aliphatic hydroxyl groups is 2. The molecule has 0 saturated carbocycles. The van der Waals surface area contributed by atoms with Crippen LogP contribution in [0.25, 0.3) is 0 Å². The fourth-order valence-corrected chi connectivity index (χ4v) is 6.40. The summed E-state index contributed by atoms with van der Waals surface area (Å²) in [4.78, 5) is 52.5. The van der Waals surface area contributed by atoms with Crippen molar-refractivity contribution in [1.29, 1.82) is 0 Å². The summed E-state index contributed by atoms with van der Waals surface area (Å²) in [5.41, 5.74) is 0. The van der Waals surface area contributed by atoms with Crippen LogP contribution in [0.5, 0.6) is 0 Å². The zero-order chi connectivity index (χ0) is 42.6. The smallest absolute Gasteiger partial charge is 0.462 e. The number of esters is 2. The highest BCUT2D eigenvalue weighted by atomic mass is 31.2. The summed E-state index contributed by atoms with van der Waals surface area (Å²) >= 11 is 0. The van der Waals surface area contributed by atoms with E-state index < -0.39 is 66.2 Å². The Morgan fingerprint density at radius 3 is 1.72 bits per heavy atom. The third kappa shape index (κ3) is 40.6. The fraction of sp³-hybridized carbons (Fsp3) is 0.756. The van der Waals surface area contributed by atoms with Crippen molar-refractivity contribution in [3.8, 4) is 0 Å². The quantitative estimate of drug-likeness (QED) is 0.0170. The van der Waals surface area contributed by atoms with Crippen LogP contribution >= 0.6 is 15.6 Å². The number of phosphoric ester groups is 2. The molecular formula is C41H74O14P2. The van der Waals surface area contributed by atoms with Gasteiger partial charge >= 0.3 is 27.6 Å². The molecule has 0 radical (unpaired) electrons. The summed E-state index contributed by atoms with van der Waals surface area (Å²) in [7, 11) is -9.69. The van der Waals surface area contributed by atoms with E-state index in [1.807, 2.05) is 24.3 Å². The van der Waals surface area contributed by atoms with Gasteiger partial charge in [0, 0.05) is 12.8 Å². The Morgan fingerprint density at radius 2 is 1.12 bits per heavy atom. The molecule has 0 aromatic rings. The molecule has 0 aliphatic rings. The molecule has 0 heterocycles. The minimum atomic E-state index is -4.87. The Labute approximate surface area is 342 Å². The van der Waals surface area contributed by atoms with E-state index in [0.717, 1.165) is 70.1 Å². The maximum Gasteiger partial charge on any atom is 0.472 e. The molecule has 57 heavy (non-hydrogen) atoms. The molecule has 0 spiro atoms. The standard InChI is InChI=1S/C41H74O14P2/c1-4-5-28-37(42)29-24-20-16-12-8-6-7-9-13-17-21-25-30-40(44)51-34-39(35-54-57(49,50)53-33-38(43)32-52-56(46,47)48)55-41(45)31-26-22-18-14-10-11-15-19-23-27-36(2)3/h6-7,12-13,16-17,24,29,36-39,42-43H,4-5,8-11,14-15,18-23,25-28,30-35H2,1-3H3,(H,49,50)(H2,46,47,48)/b7-6-,16-12-,17-13-,29-24-/t37-,38-,39+/m0/s1. The van der Waals surface area contributed by atoms with Gasteiger partial charge in [-0.05, 0) is 50.9 Å². The van der Waals surface area contributed by atoms with Gasteiger partial charge in [-0.1, -0.05) is 140 Å². The van der Waals surface area contributed by atoms with Crippen molar-refractivity contribution >= 4 is 27.6 Å². The molecule has 0 rings (SSSR count). The summed E-state index contributed by atoms with van der Waals surface area (Å²) in [5, 5.41) is 19.5. The monoisotopic (exact) mass is 852 g/mol. The molecule has 0 aliphatic carbocycles. The predicted octanol–water partition coefficient (Wildman–Crippen LogP) is 9.11. The molecule has 0 aliphatic heterocycles. The Kier molecular flexibility index (Phi) is 34.7. The van der Waals surface area contributed by atoms with Crippen molar-refractivity contribution in [2.24, 2.45) is 5.92 Å². The Hall–Kier alpha value is -1.96. The van der Waals surface area contributed by atoms with Crippen molar-refractivity contribution in [3.05, 3.63) is 48.6 Å². The second-order valence-corrected chi connectivity index (χ2v) is 17.3. The van der Waals surface area contributed by atoms with E-state index in [0.29, 0.717) is 19.3 Å². The molecule has 0 amide bonds. The summed E-state index contributed by atoms with van der Waals surface area (Å²) in [6, 6.07) is 0. The SMILES string of the molecule is CCCC[C@H](O)/C=C\C/C=C\C/C=C\C/C=C\CCCC(=O)OC[C@H](COP(=O)(O)OC[C@@H](O)COP(=O)(O)O)OC(=O)CCCCCCCCCCCC(C)C. The molecule has 0 bridgehead atoms. The zero-order valence-corrected chi connectivity index (χ0v) is 36.5. The minimum Gasteiger partial charge on any atom is -0.462 e. The van der Waals surface area contributed by atoms with Crippen LogP contribution in [0, 0.1) is 5.92 Å². The van der Waals surface area contributed by atoms with Gasteiger partial charge in [0.05, 0.1) is 25.9 Å². The highest BCUT2D eigenvalue weighted by molar-refractivity contribution is 7.47. The number of carbonyl (C=O) groups excluding carboxylic acids is 2. The number of aliphatic hydroxyl groups excluding tert-OH is 2. The van der Waals surface area contributed by atoms with Gasteiger partial charge in [-0.15, -0.1) is 0 Å². The summed E-state index contributed by atoms with van der Waals surface area (Å²) in [5.74, 6) is -0.377. The van der Waals surface area contributed by atoms with Gasteiger partial charge in [-0.3, -0.25) is 23.2 Å². The Morgan fingerprint density at radius 1 is 0.596 bits per heavy atom. The van der Waals surface area contributed by atoms with Gasteiger partial charge in [-0.2, -0.15) is 0 Å². The number of hydrogen-bond donors (Lipinski definition) is 5. The Bertz CT molecular complexity index is 1230. The van der Waals surface area contributed by atoms with Crippen LogP contribution in [0.3, 0.4) is 0 Å². The molecule has 0 aromatic carbocycles. The van der Waals surface area contributed by atoms with Gasteiger partial charge in [0.2, 0.25) is 0 Å². The molecule has 332 valence electrons. The van der Waals surface area contributed by atoms with E-state index in [-0.39, 0.29) is 18.9 Å². The lowest BCUT2D eigenvalue weighted by Crippen LogP contribution is -2.30. The lowest BCUT2D eigenvalue weighted by atomic mass is 10.0. The lowest BCUT2D eigenvalue weighted by molar-refractivity contribution is -0.161. The van der Waals surface area contributed by atoms with Gasteiger partial charge in [0.1, 0.15) is 12.7 Å². The van der Waals surface area contributed by atoms with E-state index in [1.165, 1.54) is 32.1 Å². The van der Waals surface area contributed by atoms with E-state index in [2.05, 4.69) is 54.1 Å². The van der Waals surface area contributed by atoms with E-state index >= 15 is 0 Å². The normalized spacial score (nSPS) is 15.2. The topological polar surface area (TPSA) is 216 Å². The molecule has 0 saturated heterocycles. The number of allylic oxidation sites excluding steroid dienone is 7. The summed E-state index contributed by atoms with van der Waals surface area (Å²) in [6.07, 6.45) is 30.4. The first kappa shape index (κ1) is 55.0. The molecule has 1 unspecified atom stereocenters. The second-order valence-electron chi connectivity index (χ2n) is 14.6. The van der Waals surface area contributed by atoms with Crippen molar-refractivity contribution in [1.82, 2.24) is 0 Å². The zero-order valence-electron chi connectivity index (χ0n) is 34.7. The van der Waals surface area contributed by atoms with Crippen LogP contribution in [0.1, 0.15) is 149 Å². The molecule has 0 aromatic heterocycles. The molecule has 0 fully saturated rings. The van der Waals surface area contributed by atoms with Gasteiger partial charge < -0.3 is 34.4 Å². The summed E-state index contributed by atoms with van der Waals surface area (Å²) in [6.45, 7) is 3.79. The first-order valence-corrected chi connectivity index (χ1v) is 23.8. The van der Waals surface area contributed by atoms with Crippen molar-refractivity contribution in [3.63, 3.8) is 0 Å². The average Bonchev–Trinajstić information content (AvgIpc) is 3.15. The number of unbranched alkanes of at least 4 members (excludes halogenated alkanes) is 10. The highest BCUT2D eigenvalue weighted by Gasteiger charge is 2.28. The van der Waals surface area contributed by atoms with Crippen LogP contribution in [0.4, 0.5) is 0 Å². The van der Waals surface area contributed by atoms with Crippen molar-refractivity contribution in [2.45, 2.75) is 167 Å². The third-order valence-corrected chi connectivity index (χ3v) is 9.90. The Balaban J connectivity index is 4.65. The second kappa shape index (κ2) is 35.9. The fourth-order valence-electron chi connectivity index (χ4n) is 5.25. The predicted molar refractivity (Wildman–Crippen MR) is 222 cm³/mol. The highest BCUT2D eigenvalue weighted by Crippen LogP contribution is 2.43. The molecule has 14 nitrogen and oxygen atoms in total. The number of ether oxygens (including phenoxy) is 2. The van der Waals surface area contributed by atoms with Crippen LogP contribution in [-0.4, -0.2) is 81.6 Å². The largest absolute Gasteiger partial charge is 0.472 e. The molecule has 5 N–H and O–H groups in total. The maximum absolute atomic E-state index is 12.6. The van der Waals surface area contributed by atoms with Crippen LogP contribution in [0.15, 0.2) is 48.6 Å². The summed E-state index contributed by atoms with van der Waals surface area (Å²) < 4.78 is 47.6. The van der Waals surface area contributed by atoms with E-state index in [1.54, 1.807) is 0 Å². The van der Waals surface area contributed by atoms with E-state index in [4.69, 9.17) is 23.8 Å². The minimum absolute atomic E-state index is 0.102. The van der Waals surface area contributed by atoms with Gasteiger partial charge in [-0.25, -0.2) is 9.13 Å². The van der Waals surface area contributed by atoms with Crippen molar-refractivity contribution < 1.29 is 66.7 Å². The first-order chi connectivity index (χ1) is 27.1. The molecule has 4 atom stereocenters. The first-order valence-electron chi connectivity index (χ1n) is 20.8. The average molecular weight is 853 g/mol. The van der Waals surface area contributed by atoms with E-state index in [9.17, 15) is 33.8 Å². The number of carbonyl (C=O) groups is 2. The number of phosphoric acid groups is 2. The number of rotatable bonds is 38. The van der Waals surface area contributed by atoms with Gasteiger partial charge in [0.25, 0.3) is 0 Å².